The average Bonchev–Trinajstić information content (AvgIpc) is 2.64. The maximum atomic E-state index is 12.6. The highest BCUT2D eigenvalue weighted by atomic mass is 35.5. The Hall–Kier alpha value is -2.66. The summed E-state index contributed by atoms with van der Waals surface area (Å²) in [4.78, 5) is 29.3. The molecule has 3 rings (SSSR count). The fraction of sp³-hybridized carbons (Fsp3) is 0.250. The van der Waals surface area contributed by atoms with E-state index in [1.807, 2.05) is 32.0 Å². The Bertz CT molecular complexity index is 1000. The molecule has 6 heteroatoms. The summed E-state index contributed by atoms with van der Waals surface area (Å²) in [6, 6.07) is 10.9. The molecule has 134 valence electrons. The summed E-state index contributed by atoms with van der Waals surface area (Å²) in [6.07, 6.45) is 3.02. The lowest BCUT2D eigenvalue weighted by molar-refractivity contribution is -0.116. The number of hydrogen-bond donors (Lipinski definition) is 1. The van der Waals surface area contributed by atoms with E-state index < -0.39 is 0 Å². The largest absolute Gasteiger partial charge is 0.324 e. The first-order valence-electron chi connectivity index (χ1n) is 8.58. The maximum Gasteiger partial charge on any atom is 0.261 e. The second-order valence-corrected chi connectivity index (χ2v) is 6.48. The third-order valence-corrected chi connectivity index (χ3v) is 4.60. The van der Waals surface area contributed by atoms with Crippen LogP contribution in [0.25, 0.3) is 10.9 Å². The number of rotatable bonds is 5. The number of aromatic nitrogens is 2. The van der Waals surface area contributed by atoms with Crippen molar-refractivity contribution >= 4 is 34.1 Å². The predicted molar refractivity (Wildman–Crippen MR) is 105 cm³/mol. The first-order chi connectivity index (χ1) is 12.5. The normalized spacial score (nSPS) is 10.9. The molecule has 0 spiro atoms. The van der Waals surface area contributed by atoms with E-state index in [0.717, 1.165) is 29.7 Å². The van der Waals surface area contributed by atoms with Crippen molar-refractivity contribution in [3.05, 3.63) is 69.2 Å². The van der Waals surface area contributed by atoms with Crippen LogP contribution in [0, 0.1) is 0 Å². The molecule has 0 aliphatic heterocycles. The third kappa shape index (κ3) is 3.63. The summed E-state index contributed by atoms with van der Waals surface area (Å²) in [5.41, 5.74) is 3.26. The van der Waals surface area contributed by atoms with Crippen LogP contribution in [0.5, 0.6) is 0 Å². The summed E-state index contributed by atoms with van der Waals surface area (Å²) in [5, 5.41) is 3.92. The molecule has 0 aliphatic carbocycles. The van der Waals surface area contributed by atoms with Gasteiger partial charge in [-0.15, -0.1) is 0 Å². The smallest absolute Gasteiger partial charge is 0.261 e. The van der Waals surface area contributed by atoms with Crippen LogP contribution in [-0.2, 0) is 24.2 Å². The van der Waals surface area contributed by atoms with Gasteiger partial charge in [-0.1, -0.05) is 43.6 Å². The van der Waals surface area contributed by atoms with Crippen molar-refractivity contribution in [3.63, 3.8) is 0 Å². The number of benzene rings is 2. The van der Waals surface area contributed by atoms with Crippen LogP contribution >= 0.6 is 11.6 Å². The number of halogens is 1. The Morgan fingerprint density at radius 3 is 2.50 bits per heavy atom. The number of nitrogens with zero attached hydrogens (tertiary/aromatic N) is 2. The first kappa shape index (κ1) is 18.1. The SMILES string of the molecule is CCc1cccc(CC)c1NC(=O)Cn1cnc2cc(Cl)ccc2c1=O. The van der Waals surface area contributed by atoms with Crippen molar-refractivity contribution in [1.29, 1.82) is 0 Å². The van der Waals surface area contributed by atoms with Gasteiger partial charge in [-0.2, -0.15) is 0 Å². The van der Waals surface area contributed by atoms with Crippen LogP contribution in [0.15, 0.2) is 47.5 Å². The van der Waals surface area contributed by atoms with Crippen molar-refractivity contribution in [2.45, 2.75) is 33.2 Å². The molecule has 0 fully saturated rings. The molecule has 1 aromatic heterocycles. The van der Waals surface area contributed by atoms with Gasteiger partial charge in [0.05, 0.1) is 17.2 Å². The molecule has 0 aliphatic rings. The molecule has 0 unspecified atom stereocenters. The first-order valence-corrected chi connectivity index (χ1v) is 8.96. The van der Waals surface area contributed by atoms with E-state index in [1.54, 1.807) is 18.2 Å². The highest BCUT2D eigenvalue weighted by molar-refractivity contribution is 6.31. The molecular formula is C20H20ClN3O2. The zero-order chi connectivity index (χ0) is 18.7. The number of carbonyl (C=O) groups excluding carboxylic acids is 1. The minimum Gasteiger partial charge on any atom is -0.324 e. The summed E-state index contributed by atoms with van der Waals surface area (Å²) in [6.45, 7) is 4.01. The maximum absolute atomic E-state index is 12.6. The van der Waals surface area contributed by atoms with Gasteiger partial charge in [0.15, 0.2) is 0 Å². The number of carbonyl (C=O) groups is 1. The fourth-order valence-electron chi connectivity index (χ4n) is 2.98. The van der Waals surface area contributed by atoms with Crippen molar-refractivity contribution < 1.29 is 4.79 Å². The predicted octanol–water partition coefficient (Wildman–Crippen LogP) is 3.81. The van der Waals surface area contributed by atoms with Gasteiger partial charge in [0.1, 0.15) is 6.54 Å². The van der Waals surface area contributed by atoms with Crippen LogP contribution in [0.1, 0.15) is 25.0 Å². The third-order valence-electron chi connectivity index (χ3n) is 4.36. The molecule has 5 nitrogen and oxygen atoms in total. The highest BCUT2D eigenvalue weighted by Gasteiger charge is 2.12. The Morgan fingerprint density at radius 1 is 1.15 bits per heavy atom. The molecule has 1 heterocycles. The molecule has 0 bridgehead atoms. The molecular weight excluding hydrogens is 350 g/mol. The molecule has 0 saturated carbocycles. The summed E-state index contributed by atoms with van der Waals surface area (Å²) in [5.74, 6) is -0.252. The quantitative estimate of drug-likeness (QED) is 0.743. The number of amides is 1. The molecule has 1 amide bonds. The van der Waals surface area contributed by atoms with Crippen LogP contribution in [0.2, 0.25) is 5.02 Å². The van der Waals surface area contributed by atoms with E-state index >= 15 is 0 Å². The summed E-state index contributed by atoms with van der Waals surface area (Å²) in [7, 11) is 0. The van der Waals surface area contributed by atoms with E-state index in [4.69, 9.17) is 11.6 Å². The van der Waals surface area contributed by atoms with Crippen LogP contribution in [0.4, 0.5) is 5.69 Å². The van der Waals surface area contributed by atoms with Gasteiger partial charge in [0.2, 0.25) is 5.91 Å². The van der Waals surface area contributed by atoms with Crippen molar-refractivity contribution in [1.82, 2.24) is 9.55 Å². The summed E-state index contributed by atoms with van der Waals surface area (Å²) >= 11 is 5.93. The van der Waals surface area contributed by atoms with Gasteiger partial charge in [-0.05, 0) is 42.2 Å². The average molecular weight is 370 g/mol. The van der Waals surface area contributed by atoms with Crippen LogP contribution < -0.4 is 10.9 Å². The Labute approximate surface area is 156 Å². The lowest BCUT2D eigenvalue weighted by Gasteiger charge is -2.15. The lowest BCUT2D eigenvalue weighted by atomic mass is 10.0. The Morgan fingerprint density at radius 2 is 1.85 bits per heavy atom. The van der Waals surface area contributed by atoms with Gasteiger partial charge in [0.25, 0.3) is 5.56 Å². The van der Waals surface area contributed by atoms with E-state index in [2.05, 4.69) is 10.3 Å². The topological polar surface area (TPSA) is 64.0 Å². The fourth-order valence-corrected chi connectivity index (χ4v) is 3.15. The molecule has 1 N–H and O–H groups in total. The second-order valence-electron chi connectivity index (χ2n) is 6.05. The van der Waals surface area contributed by atoms with Crippen molar-refractivity contribution in [2.75, 3.05) is 5.32 Å². The Kier molecular flexibility index (Phi) is 5.38. The van der Waals surface area contributed by atoms with Crippen molar-refractivity contribution in [2.24, 2.45) is 0 Å². The molecule has 26 heavy (non-hydrogen) atoms. The zero-order valence-electron chi connectivity index (χ0n) is 14.8. The number of anilines is 1. The van der Waals surface area contributed by atoms with Crippen LogP contribution in [0.3, 0.4) is 0 Å². The molecule has 0 radical (unpaired) electrons. The molecule has 3 aromatic rings. The van der Waals surface area contributed by atoms with E-state index in [-0.39, 0.29) is 18.0 Å². The number of fused-ring (bicyclic) bond motifs is 1. The van der Waals surface area contributed by atoms with Crippen LogP contribution in [-0.4, -0.2) is 15.5 Å². The standard InChI is InChI=1S/C20H20ClN3O2/c1-3-13-6-5-7-14(4-2)19(13)23-18(25)11-24-12-22-17-10-15(21)8-9-16(17)20(24)26/h5-10,12H,3-4,11H2,1-2H3,(H,23,25). The lowest BCUT2D eigenvalue weighted by Crippen LogP contribution is -2.28. The van der Waals surface area contributed by atoms with E-state index in [9.17, 15) is 9.59 Å². The zero-order valence-corrected chi connectivity index (χ0v) is 15.5. The van der Waals surface area contributed by atoms with E-state index in [1.165, 1.54) is 10.9 Å². The molecule has 0 atom stereocenters. The Balaban J connectivity index is 1.88. The minimum atomic E-state index is -0.263. The summed E-state index contributed by atoms with van der Waals surface area (Å²) < 4.78 is 1.31. The number of aryl methyl sites for hydroxylation is 2. The minimum absolute atomic E-state index is 0.0917. The molecule has 2 aromatic carbocycles. The van der Waals surface area contributed by atoms with E-state index in [0.29, 0.717) is 15.9 Å². The van der Waals surface area contributed by atoms with Crippen molar-refractivity contribution in [3.8, 4) is 0 Å². The van der Waals surface area contributed by atoms with Gasteiger partial charge in [0, 0.05) is 10.7 Å². The second kappa shape index (κ2) is 7.70. The van der Waals surface area contributed by atoms with Gasteiger partial charge in [-0.25, -0.2) is 4.98 Å². The molecule has 0 saturated heterocycles. The highest BCUT2D eigenvalue weighted by Crippen LogP contribution is 2.22. The van der Waals surface area contributed by atoms with Gasteiger partial charge >= 0.3 is 0 Å². The number of hydrogen-bond acceptors (Lipinski definition) is 3. The number of nitrogens with one attached hydrogen (secondary N) is 1. The van der Waals surface area contributed by atoms with Gasteiger partial charge in [-0.3, -0.25) is 14.2 Å². The van der Waals surface area contributed by atoms with Gasteiger partial charge < -0.3 is 5.32 Å². The number of para-hydroxylation sites is 1. The monoisotopic (exact) mass is 369 g/mol.